The van der Waals surface area contributed by atoms with Gasteiger partial charge in [0.1, 0.15) is 39.4 Å². The Morgan fingerprint density at radius 1 is 0.552 bits per heavy atom. The van der Waals surface area contributed by atoms with Crippen LogP contribution in [-0.2, 0) is 40.2 Å². The molecule has 0 unspecified atom stereocenters. The van der Waals surface area contributed by atoms with Gasteiger partial charge >= 0.3 is 0 Å². The molecule has 0 spiro atoms. The summed E-state index contributed by atoms with van der Waals surface area (Å²) in [5.74, 6) is 1.39. The van der Waals surface area contributed by atoms with E-state index in [-0.39, 0.29) is 32.8 Å². The summed E-state index contributed by atoms with van der Waals surface area (Å²) in [6.45, 7) is 8.19. The number of phenols is 1. The number of ether oxygens (including phenoxy) is 3. The first-order valence-corrected chi connectivity index (χ1v) is 21.3. The minimum atomic E-state index is -4.98. The van der Waals surface area contributed by atoms with E-state index in [0.717, 1.165) is 46.2 Å². The molecular formula is C43H40O12S3. The van der Waals surface area contributed by atoms with Gasteiger partial charge < -0.3 is 19.3 Å². The molecule has 3 N–H and O–H groups in total. The topological polar surface area (TPSA) is 175 Å². The highest BCUT2D eigenvalue weighted by Crippen LogP contribution is 2.40. The van der Waals surface area contributed by atoms with Crippen molar-refractivity contribution in [2.45, 2.75) is 58.1 Å². The number of phenolic OH excluding ortho intramolecular Hbond substituents is 1. The summed E-state index contributed by atoms with van der Waals surface area (Å²) in [4.78, 5) is -1.43. The Kier molecular flexibility index (Phi) is 12.3. The minimum absolute atomic E-state index is 0.0807. The number of sulfone groups is 1. The van der Waals surface area contributed by atoms with Gasteiger partial charge in [-0.2, -0.15) is 8.42 Å². The first-order valence-electron chi connectivity index (χ1n) is 17.6. The highest BCUT2D eigenvalue weighted by Gasteiger charge is 2.28. The lowest BCUT2D eigenvalue weighted by Gasteiger charge is -2.26. The predicted molar refractivity (Wildman–Crippen MR) is 217 cm³/mol. The zero-order chi connectivity index (χ0) is 41.9. The van der Waals surface area contributed by atoms with E-state index in [1.165, 1.54) is 18.2 Å². The number of hydrogen-bond acceptors (Lipinski definition) is 12. The van der Waals surface area contributed by atoms with E-state index >= 15 is 0 Å². The van der Waals surface area contributed by atoms with Crippen LogP contribution in [0.3, 0.4) is 0 Å². The molecule has 0 atom stereocenters. The largest absolute Gasteiger partial charge is 0.508 e. The van der Waals surface area contributed by atoms with Crippen molar-refractivity contribution in [1.29, 1.82) is 0 Å². The second kappa shape index (κ2) is 16.8. The van der Waals surface area contributed by atoms with E-state index in [2.05, 4.69) is 23.2 Å². The van der Waals surface area contributed by atoms with Gasteiger partial charge in [-0.05, 0) is 107 Å². The molecule has 0 saturated heterocycles. The zero-order valence-electron chi connectivity index (χ0n) is 31.9. The maximum atomic E-state index is 13.9. The molecule has 302 valence electrons. The fourth-order valence-electron chi connectivity index (χ4n) is 6.29. The molecular weight excluding hydrogens is 805 g/mol. The van der Waals surface area contributed by atoms with Crippen LogP contribution in [0, 0.1) is 0 Å². The fourth-order valence-corrected chi connectivity index (χ4v) is 8.86. The fraction of sp³-hybridized carbons (Fsp3) is 0.163. The van der Waals surface area contributed by atoms with Gasteiger partial charge in [-0.3, -0.25) is 4.55 Å². The third-order valence-corrected chi connectivity index (χ3v) is 13.1. The summed E-state index contributed by atoms with van der Waals surface area (Å²) in [6.07, 6.45) is 0. The standard InChI is InChI=1S/C43H40O12S3/c1-42(2,28-6-14-32(44)15-7-28)30-10-18-34(19-11-30)52-38-24-22-36(26-40(38)56-55-54-45)57(46,47)37-23-25-39(41(27-37)58(48,49)50)53-35-20-12-31(13-21-35)43(3,4)29-8-16-33(51-5)17-9-29/h6-27,44-45H,1-5H3,(H,48,49,50). The number of aromatic hydroxyl groups is 1. The van der Waals surface area contributed by atoms with Crippen LogP contribution in [0.2, 0.25) is 0 Å². The van der Waals surface area contributed by atoms with Gasteiger partial charge in [0.25, 0.3) is 10.1 Å². The van der Waals surface area contributed by atoms with Crippen molar-refractivity contribution in [1.82, 2.24) is 0 Å². The molecule has 0 aliphatic rings. The van der Waals surface area contributed by atoms with Crippen molar-refractivity contribution in [3.63, 3.8) is 0 Å². The van der Waals surface area contributed by atoms with Gasteiger partial charge in [0, 0.05) is 10.8 Å². The van der Waals surface area contributed by atoms with E-state index in [1.807, 2.05) is 74.5 Å². The number of benzene rings is 6. The Bertz CT molecular complexity index is 2610. The molecule has 0 saturated carbocycles. The van der Waals surface area contributed by atoms with E-state index < -0.39 is 40.6 Å². The first kappa shape index (κ1) is 42.2. The van der Waals surface area contributed by atoms with Gasteiger partial charge in [0.2, 0.25) is 9.84 Å². The molecule has 0 amide bonds. The maximum absolute atomic E-state index is 13.9. The lowest BCUT2D eigenvalue weighted by Crippen LogP contribution is -2.18. The highest BCUT2D eigenvalue weighted by molar-refractivity contribution is 7.94. The van der Waals surface area contributed by atoms with Gasteiger partial charge in [0.05, 0.1) is 33.8 Å². The summed E-state index contributed by atoms with van der Waals surface area (Å²) in [6, 6.07) is 35.7. The second-order valence-corrected chi connectivity index (χ2v) is 18.3. The van der Waals surface area contributed by atoms with Crippen molar-refractivity contribution in [2.24, 2.45) is 0 Å². The van der Waals surface area contributed by atoms with Gasteiger partial charge in [-0.15, -0.1) is 4.33 Å². The van der Waals surface area contributed by atoms with Crippen LogP contribution < -0.4 is 14.2 Å². The maximum Gasteiger partial charge on any atom is 0.298 e. The Morgan fingerprint density at radius 2 is 0.966 bits per heavy atom. The molecule has 0 fully saturated rings. The smallest absolute Gasteiger partial charge is 0.298 e. The van der Waals surface area contributed by atoms with Crippen molar-refractivity contribution in [3.8, 4) is 34.5 Å². The van der Waals surface area contributed by atoms with E-state index in [1.54, 1.807) is 43.5 Å². The lowest BCUT2D eigenvalue weighted by molar-refractivity contribution is -0.432. The molecule has 0 heterocycles. The Morgan fingerprint density at radius 3 is 1.41 bits per heavy atom. The molecule has 0 aliphatic heterocycles. The molecule has 0 aromatic heterocycles. The molecule has 15 heteroatoms. The van der Waals surface area contributed by atoms with Crippen LogP contribution in [0.4, 0.5) is 0 Å². The zero-order valence-corrected chi connectivity index (χ0v) is 34.4. The van der Waals surface area contributed by atoms with Crippen LogP contribution in [0.5, 0.6) is 34.5 Å². The second-order valence-electron chi connectivity index (χ2n) is 14.2. The van der Waals surface area contributed by atoms with Crippen molar-refractivity contribution >= 4 is 32.0 Å². The van der Waals surface area contributed by atoms with Crippen LogP contribution in [0.1, 0.15) is 49.9 Å². The number of rotatable bonds is 15. The summed E-state index contributed by atoms with van der Waals surface area (Å²) in [5.41, 5.74) is 3.11. The van der Waals surface area contributed by atoms with Crippen molar-refractivity contribution < 1.29 is 55.3 Å². The quantitative estimate of drug-likeness (QED) is 0.0386. The van der Waals surface area contributed by atoms with E-state index in [0.29, 0.717) is 17.8 Å². The molecule has 6 rings (SSSR count). The Balaban J connectivity index is 1.24. The number of hydrogen-bond donors (Lipinski definition) is 3. The minimum Gasteiger partial charge on any atom is -0.508 e. The van der Waals surface area contributed by atoms with Crippen molar-refractivity contribution in [2.75, 3.05) is 7.11 Å². The van der Waals surface area contributed by atoms with Crippen molar-refractivity contribution in [3.05, 3.63) is 156 Å². The average molecular weight is 845 g/mol. The van der Waals surface area contributed by atoms with Crippen LogP contribution in [0.25, 0.3) is 0 Å². The van der Waals surface area contributed by atoms with Gasteiger partial charge in [-0.1, -0.05) is 81.3 Å². The average Bonchev–Trinajstić information content (AvgIpc) is 3.20. The van der Waals surface area contributed by atoms with Crippen LogP contribution in [-0.4, -0.2) is 38.9 Å². The first-order chi connectivity index (χ1) is 27.4. The Labute approximate surface area is 341 Å². The van der Waals surface area contributed by atoms with Crippen LogP contribution in [0.15, 0.2) is 153 Å². The molecule has 12 nitrogen and oxygen atoms in total. The summed E-state index contributed by atoms with van der Waals surface area (Å²) in [5, 5.41) is 22.3. The summed E-state index contributed by atoms with van der Waals surface area (Å²) < 4.78 is 85.0. The van der Waals surface area contributed by atoms with Crippen LogP contribution >= 0.6 is 12.0 Å². The lowest BCUT2D eigenvalue weighted by atomic mass is 9.78. The third kappa shape index (κ3) is 9.16. The molecule has 0 radical (unpaired) electrons. The van der Waals surface area contributed by atoms with E-state index in [4.69, 9.17) is 19.5 Å². The Hall–Kier alpha value is -5.39. The molecule has 6 aromatic carbocycles. The van der Waals surface area contributed by atoms with E-state index in [9.17, 15) is 26.5 Å². The van der Waals surface area contributed by atoms with Gasteiger partial charge in [0.15, 0.2) is 0 Å². The SMILES string of the molecule is COc1ccc(C(C)(C)c2ccc(Oc3ccc(S(=O)(=O)c4ccc(Oc5ccc(C(C)(C)c6ccc(O)cc6)cc5)c(SOOO)c4)cc3S(=O)(=O)O)cc2)cc1. The van der Waals surface area contributed by atoms with Gasteiger partial charge in [-0.25, -0.2) is 13.7 Å². The normalized spacial score (nSPS) is 12.3. The number of methoxy groups -OCH3 is 1. The molecule has 0 aliphatic carbocycles. The highest BCUT2D eigenvalue weighted by atomic mass is 32.2. The molecule has 6 aromatic rings. The third-order valence-electron chi connectivity index (χ3n) is 9.89. The summed E-state index contributed by atoms with van der Waals surface area (Å²) in [7, 11) is -7.82. The molecule has 0 bridgehead atoms. The summed E-state index contributed by atoms with van der Waals surface area (Å²) >= 11 is 0.468. The monoisotopic (exact) mass is 844 g/mol. The predicted octanol–water partition coefficient (Wildman–Crippen LogP) is 10.1. The molecule has 58 heavy (non-hydrogen) atoms.